The lowest BCUT2D eigenvalue weighted by Crippen LogP contribution is -2.43. The number of hydrogen-bond acceptors (Lipinski definition) is 7. The van der Waals surface area contributed by atoms with Crippen LogP contribution in [0, 0.1) is 13.8 Å². The lowest BCUT2D eigenvalue weighted by atomic mass is 10.1. The summed E-state index contributed by atoms with van der Waals surface area (Å²) < 4.78 is 0. The van der Waals surface area contributed by atoms with Gasteiger partial charge in [-0.15, -0.1) is 11.3 Å². The number of nitrogens with one attached hydrogen (secondary N) is 1. The number of nitrogens with zero attached hydrogens (tertiary/aromatic N) is 5. The topological polar surface area (TPSA) is 57.2 Å². The van der Waals surface area contributed by atoms with E-state index in [2.05, 4.69) is 69.2 Å². The van der Waals surface area contributed by atoms with E-state index in [1.165, 1.54) is 16.0 Å². The number of thiazole rings is 1. The van der Waals surface area contributed by atoms with Crippen molar-refractivity contribution in [1.29, 1.82) is 0 Å². The molecule has 28 heavy (non-hydrogen) atoms. The molecule has 3 heterocycles. The zero-order valence-electron chi connectivity index (χ0n) is 16.6. The summed E-state index contributed by atoms with van der Waals surface area (Å²) in [6.45, 7) is 9.63. The lowest BCUT2D eigenvalue weighted by molar-refractivity contribution is 0.149. The average molecular weight is 395 g/mol. The Bertz CT molecular complexity index is 925. The van der Waals surface area contributed by atoms with Crippen LogP contribution in [0.1, 0.15) is 16.0 Å². The third-order valence-corrected chi connectivity index (χ3v) is 5.89. The summed E-state index contributed by atoms with van der Waals surface area (Å²) in [6.07, 6.45) is 3.77. The fourth-order valence-corrected chi connectivity index (χ4v) is 4.36. The summed E-state index contributed by atoms with van der Waals surface area (Å²) in [5.74, 6) is 0.596. The van der Waals surface area contributed by atoms with Crippen molar-refractivity contribution in [2.45, 2.75) is 20.4 Å². The molecule has 0 spiro atoms. The van der Waals surface area contributed by atoms with E-state index in [1.54, 1.807) is 17.5 Å². The molecule has 1 aromatic carbocycles. The molecule has 0 saturated carbocycles. The van der Waals surface area contributed by atoms with Gasteiger partial charge in [-0.1, -0.05) is 6.07 Å². The van der Waals surface area contributed by atoms with Crippen LogP contribution in [-0.2, 0) is 6.54 Å². The molecule has 0 radical (unpaired) electrons. The summed E-state index contributed by atoms with van der Waals surface area (Å²) in [7, 11) is 2.18. The highest BCUT2D eigenvalue weighted by atomic mass is 32.1. The van der Waals surface area contributed by atoms with Crippen LogP contribution < -0.4 is 5.32 Å². The van der Waals surface area contributed by atoms with Crippen molar-refractivity contribution in [1.82, 2.24) is 24.8 Å². The van der Waals surface area contributed by atoms with Crippen LogP contribution >= 0.6 is 11.3 Å². The molecule has 3 aromatic rings. The maximum Gasteiger partial charge on any atom is 0.227 e. The SMILES string of the molecule is Cc1cc(C)cc(Nc2nccc(-c3ncc(CN4CCN(C)CC4)s3)n2)c1. The molecular weight excluding hydrogens is 368 g/mol. The number of anilines is 2. The molecule has 1 N–H and O–H groups in total. The largest absolute Gasteiger partial charge is 0.324 e. The number of piperazine rings is 1. The molecule has 7 heteroatoms. The Labute approximate surface area is 170 Å². The van der Waals surface area contributed by atoms with E-state index in [1.807, 2.05) is 12.3 Å². The minimum absolute atomic E-state index is 0.596. The number of benzene rings is 1. The van der Waals surface area contributed by atoms with Crippen molar-refractivity contribution in [2.24, 2.45) is 0 Å². The molecule has 1 aliphatic rings. The van der Waals surface area contributed by atoms with Crippen molar-refractivity contribution in [3.05, 3.63) is 52.7 Å². The first kappa shape index (κ1) is 19.0. The lowest BCUT2D eigenvalue weighted by Gasteiger charge is -2.31. The highest BCUT2D eigenvalue weighted by molar-refractivity contribution is 7.14. The molecule has 1 fully saturated rings. The first-order chi connectivity index (χ1) is 13.5. The van der Waals surface area contributed by atoms with Gasteiger partial charge < -0.3 is 10.2 Å². The van der Waals surface area contributed by atoms with Gasteiger partial charge in [0.15, 0.2) is 0 Å². The summed E-state index contributed by atoms with van der Waals surface area (Å²) in [6, 6.07) is 8.27. The quantitative estimate of drug-likeness (QED) is 0.712. The van der Waals surface area contributed by atoms with Crippen molar-refractivity contribution in [2.75, 3.05) is 38.5 Å². The second-order valence-electron chi connectivity index (χ2n) is 7.48. The molecule has 0 aliphatic carbocycles. The minimum atomic E-state index is 0.596. The highest BCUT2D eigenvalue weighted by Gasteiger charge is 2.16. The fourth-order valence-electron chi connectivity index (χ4n) is 3.44. The van der Waals surface area contributed by atoms with E-state index in [0.717, 1.165) is 49.1 Å². The van der Waals surface area contributed by atoms with Gasteiger partial charge in [0.2, 0.25) is 5.95 Å². The predicted molar refractivity (Wildman–Crippen MR) is 115 cm³/mol. The van der Waals surface area contributed by atoms with Crippen LogP contribution in [0.25, 0.3) is 10.7 Å². The summed E-state index contributed by atoms with van der Waals surface area (Å²) in [5, 5.41) is 4.25. The highest BCUT2D eigenvalue weighted by Crippen LogP contribution is 2.26. The Hall–Kier alpha value is -2.35. The van der Waals surface area contributed by atoms with Gasteiger partial charge in [0, 0.05) is 55.7 Å². The summed E-state index contributed by atoms with van der Waals surface area (Å²) >= 11 is 1.72. The van der Waals surface area contributed by atoms with Crippen LogP contribution in [0.4, 0.5) is 11.6 Å². The molecule has 0 bridgehead atoms. The molecule has 6 nitrogen and oxygen atoms in total. The summed E-state index contributed by atoms with van der Waals surface area (Å²) in [4.78, 5) is 19.8. The number of aryl methyl sites for hydroxylation is 2. The van der Waals surface area contributed by atoms with Gasteiger partial charge >= 0.3 is 0 Å². The van der Waals surface area contributed by atoms with Crippen LogP contribution in [0.2, 0.25) is 0 Å². The van der Waals surface area contributed by atoms with Crippen molar-refractivity contribution >= 4 is 23.0 Å². The van der Waals surface area contributed by atoms with Crippen LogP contribution in [0.15, 0.2) is 36.7 Å². The number of hydrogen-bond donors (Lipinski definition) is 1. The zero-order valence-corrected chi connectivity index (χ0v) is 17.5. The van der Waals surface area contributed by atoms with E-state index in [-0.39, 0.29) is 0 Å². The minimum Gasteiger partial charge on any atom is -0.324 e. The second-order valence-corrected chi connectivity index (χ2v) is 8.59. The average Bonchev–Trinajstić information content (AvgIpc) is 3.12. The number of rotatable bonds is 5. The van der Waals surface area contributed by atoms with Crippen LogP contribution in [0.3, 0.4) is 0 Å². The molecule has 146 valence electrons. The third kappa shape index (κ3) is 4.73. The molecule has 0 atom stereocenters. The van der Waals surface area contributed by atoms with Gasteiger partial charge in [0.1, 0.15) is 10.7 Å². The predicted octanol–water partition coefficient (Wildman–Crippen LogP) is 3.71. The molecule has 1 aliphatic heterocycles. The van der Waals surface area contributed by atoms with Gasteiger partial charge in [0.05, 0.1) is 0 Å². The van der Waals surface area contributed by atoms with E-state index in [0.29, 0.717) is 5.95 Å². The van der Waals surface area contributed by atoms with E-state index >= 15 is 0 Å². The number of likely N-dealkylation sites (N-methyl/N-ethyl adjacent to an activating group) is 1. The summed E-state index contributed by atoms with van der Waals surface area (Å²) in [5.41, 5.74) is 4.29. The van der Waals surface area contributed by atoms with Gasteiger partial charge in [0.25, 0.3) is 0 Å². The normalized spacial score (nSPS) is 15.7. The third-order valence-electron chi connectivity index (χ3n) is 4.88. The maximum atomic E-state index is 4.67. The molecule has 4 rings (SSSR count). The second kappa shape index (κ2) is 8.34. The van der Waals surface area contributed by atoms with E-state index in [4.69, 9.17) is 0 Å². The molecule has 2 aromatic heterocycles. The Morgan fingerprint density at radius 3 is 2.54 bits per heavy atom. The van der Waals surface area contributed by atoms with Crippen molar-refractivity contribution in [3.8, 4) is 10.7 Å². The Morgan fingerprint density at radius 2 is 1.79 bits per heavy atom. The van der Waals surface area contributed by atoms with Gasteiger partial charge in [-0.2, -0.15) is 0 Å². The van der Waals surface area contributed by atoms with E-state index < -0.39 is 0 Å². The van der Waals surface area contributed by atoms with Crippen LogP contribution in [-0.4, -0.2) is 58.0 Å². The number of aromatic nitrogens is 3. The Balaban J connectivity index is 1.46. The Morgan fingerprint density at radius 1 is 1.04 bits per heavy atom. The van der Waals surface area contributed by atoms with Gasteiger partial charge in [-0.25, -0.2) is 15.0 Å². The first-order valence-corrected chi connectivity index (χ1v) is 10.4. The van der Waals surface area contributed by atoms with Crippen molar-refractivity contribution < 1.29 is 0 Å². The standard InChI is InChI=1S/C21H26N6S/c1-15-10-16(2)12-17(11-15)24-21-22-5-4-19(25-21)20-23-13-18(28-20)14-27-8-6-26(3)7-9-27/h4-5,10-13H,6-9,14H2,1-3H3,(H,22,24,25). The smallest absolute Gasteiger partial charge is 0.227 e. The molecule has 1 saturated heterocycles. The maximum absolute atomic E-state index is 4.67. The van der Waals surface area contributed by atoms with E-state index in [9.17, 15) is 0 Å². The van der Waals surface area contributed by atoms with Gasteiger partial charge in [-0.3, -0.25) is 4.90 Å². The monoisotopic (exact) mass is 394 g/mol. The molecular formula is C21H26N6S. The van der Waals surface area contributed by atoms with Gasteiger partial charge in [-0.05, 0) is 50.2 Å². The molecule has 0 amide bonds. The Kier molecular flexibility index (Phi) is 5.66. The van der Waals surface area contributed by atoms with Crippen LogP contribution in [0.5, 0.6) is 0 Å². The first-order valence-electron chi connectivity index (χ1n) is 9.59. The van der Waals surface area contributed by atoms with Crippen molar-refractivity contribution in [3.63, 3.8) is 0 Å². The fraction of sp³-hybridized carbons (Fsp3) is 0.381. The zero-order chi connectivity index (χ0) is 19.5. The molecule has 0 unspecified atom stereocenters.